The second-order valence-electron chi connectivity index (χ2n) is 12.1. The molecule has 0 radical (unpaired) electrons. The van der Waals surface area contributed by atoms with Gasteiger partial charge in [-0.3, -0.25) is 9.69 Å². The molecule has 12 heteroatoms. The molecule has 3 aromatic rings. The summed E-state index contributed by atoms with van der Waals surface area (Å²) in [7, 11) is 1.45. The Morgan fingerprint density at radius 3 is 2.16 bits per heavy atom. The Morgan fingerprint density at radius 1 is 0.918 bits per heavy atom. The van der Waals surface area contributed by atoms with Gasteiger partial charge in [0.15, 0.2) is 11.5 Å². The van der Waals surface area contributed by atoms with Gasteiger partial charge in [0.25, 0.3) is 5.91 Å². The number of piperidine rings is 1. The van der Waals surface area contributed by atoms with Crippen molar-refractivity contribution in [1.82, 2.24) is 10.2 Å². The number of halogens is 3. The normalized spacial score (nSPS) is 14.0. The lowest BCUT2D eigenvalue weighted by molar-refractivity contribution is -0.118. The summed E-state index contributed by atoms with van der Waals surface area (Å²) in [5.74, 6) is 0.764. The first-order valence-electron chi connectivity index (χ1n) is 16.9. The number of unbranched alkanes of at least 4 members (excludes halogenated alkanes) is 1. The van der Waals surface area contributed by atoms with Crippen molar-refractivity contribution in [2.45, 2.75) is 77.6 Å². The molecule has 3 aromatic carbocycles. The zero-order valence-corrected chi connectivity index (χ0v) is 28.6. The number of likely N-dealkylation sites (tertiary alicyclic amines) is 1. The quantitative estimate of drug-likeness (QED) is 0.167. The molecule has 1 heterocycles. The van der Waals surface area contributed by atoms with E-state index in [2.05, 4.69) is 22.5 Å². The van der Waals surface area contributed by atoms with Crippen LogP contribution in [0.1, 0.15) is 69.7 Å². The zero-order chi connectivity index (χ0) is 35.4. The van der Waals surface area contributed by atoms with E-state index in [9.17, 15) is 22.8 Å². The van der Waals surface area contributed by atoms with E-state index in [0.717, 1.165) is 51.7 Å². The molecule has 0 atom stereocenters. The second kappa shape index (κ2) is 17.8. The van der Waals surface area contributed by atoms with Crippen LogP contribution in [0.2, 0.25) is 0 Å². The maximum absolute atomic E-state index is 13.7. The standard InChI is InChI=1S/C37H47F3N4O5/c1-5-8-21-43-22-19-32(20-23-43)48-30-14-9-26(10-15-30)35(45)44(25-37(38,39)40)29-12-16-31(17-13-29)49-33-18-11-28(24-34(33)47-4)42-36(46)41-27(6-2)7-3/h9-18,24,27,32H,5-8,19-23,25H2,1-4H3,(H2,41,42,46). The molecule has 0 bridgehead atoms. The number of alkyl halides is 3. The van der Waals surface area contributed by atoms with Crippen molar-refractivity contribution in [3.05, 3.63) is 72.3 Å². The third-order valence-electron chi connectivity index (χ3n) is 8.47. The first kappa shape index (κ1) is 37.4. The van der Waals surface area contributed by atoms with Crippen LogP contribution in [-0.2, 0) is 0 Å². The molecule has 0 saturated carbocycles. The highest BCUT2D eigenvalue weighted by Crippen LogP contribution is 2.35. The van der Waals surface area contributed by atoms with Gasteiger partial charge in [-0.25, -0.2) is 4.79 Å². The van der Waals surface area contributed by atoms with E-state index in [1.165, 1.54) is 49.9 Å². The summed E-state index contributed by atoms with van der Waals surface area (Å²) in [5, 5.41) is 5.67. The topological polar surface area (TPSA) is 92.4 Å². The number of benzene rings is 3. The Kier molecular flexibility index (Phi) is 13.6. The predicted molar refractivity (Wildman–Crippen MR) is 185 cm³/mol. The van der Waals surface area contributed by atoms with E-state index >= 15 is 0 Å². The van der Waals surface area contributed by atoms with Gasteiger partial charge in [-0.2, -0.15) is 13.2 Å². The van der Waals surface area contributed by atoms with Crippen molar-refractivity contribution in [2.75, 3.05) is 43.5 Å². The molecular weight excluding hydrogens is 637 g/mol. The van der Waals surface area contributed by atoms with Gasteiger partial charge in [0.1, 0.15) is 24.1 Å². The van der Waals surface area contributed by atoms with Crippen LogP contribution in [0.25, 0.3) is 0 Å². The molecule has 4 rings (SSSR count). The molecule has 266 valence electrons. The van der Waals surface area contributed by atoms with Gasteiger partial charge in [0, 0.05) is 42.1 Å². The summed E-state index contributed by atoms with van der Waals surface area (Å²) in [6.07, 6.45) is 1.18. The minimum atomic E-state index is -4.63. The van der Waals surface area contributed by atoms with Gasteiger partial charge in [0.2, 0.25) is 0 Å². The maximum atomic E-state index is 13.7. The number of carbonyl (C=O) groups excluding carboxylic acids is 2. The number of hydrogen-bond acceptors (Lipinski definition) is 6. The number of nitrogens with one attached hydrogen (secondary N) is 2. The molecule has 1 aliphatic heterocycles. The number of nitrogens with zero attached hydrogens (tertiary/aromatic N) is 2. The van der Waals surface area contributed by atoms with Crippen LogP contribution in [-0.4, -0.2) is 68.4 Å². The van der Waals surface area contributed by atoms with E-state index in [-0.39, 0.29) is 29.4 Å². The minimum Gasteiger partial charge on any atom is -0.493 e. The van der Waals surface area contributed by atoms with Crippen LogP contribution >= 0.6 is 0 Å². The second-order valence-corrected chi connectivity index (χ2v) is 12.1. The largest absolute Gasteiger partial charge is 0.493 e. The average Bonchev–Trinajstić information content (AvgIpc) is 3.10. The molecule has 0 aliphatic carbocycles. The molecule has 0 spiro atoms. The van der Waals surface area contributed by atoms with Crippen molar-refractivity contribution < 1.29 is 37.0 Å². The molecule has 3 amide bonds. The van der Waals surface area contributed by atoms with Crippen molar-refractivity contribution in [1.29, 1.82) is 0 Å². The highest BCUT2D eigenvalue weighted by molar-refractivity contribution is 6.06. The van der Waals surface area contributed by atoms with Gasteiger partial charge in [-0.1, -0.05) is 27.2 Å². The van der Waals surface area contributed by atoms with Gasteiger partial charge < -0.3 is 29.7 Å². The number of urea groups is 1. The molecule has 49 heavy (non-hydrogen) atoms. The number of anilines is 2. The number of hydrogen-bond donors (Lipinski definition) is 2. The number of amides is 3. The average molecular weight is 685 g/mol. The molecular formula is C37H47F3N4O5. The fourth-order valence-corrected chi connectivity index (χ4v) is 5.61. The summed E-state index contributed by atoms with van der Waals surface area (Å²) in [4.78, 5) is 28.9. The first-order valence-corrected chi connectivity index (χ1v) is 16.9. The van der Waals surface area contributed by atoms with Crippen LogP contribution in [0.5, 0.6) is 23.0 Å². The third-order valence-corrected chi connectivity index (χ3v) is 8.47. The number of rotatable bonds is 15. The molecule has 9 nitrogen and oxygen atoms in total. The number of carbonyl (C=O) groups is 2. The fourth-order valence-electron chi connectivity index (χ4n) is 5.61. The lowest BCUT2D eigenvalue weighted by Crippen LogP contribution is -2.39. The number of methoxy groups -OCH3 is 1. The summed E-state index contributed by atoms with van der Waals surface area (Å²) in [5.41, 5.74) is 0.658. The van der Waals surface area contributed by atoms with Gasteiger partial charge in [-0.05, 0) is 99.3 Å². The van der Waals surface area contributed by atoms with Crippen molar-refractivity contribution >= 4 is 23.3 Å². The van der Waals surface area contributed by atoms with Crippen LogP contribution in [0.15, 0.2) is 66.7 Å². The summed E-state index contributed by atoms with van der Waals surface area (Å²) < 4.78 is 58.5. The molecule has 1 aliphatic rings. The van der Waals surface area contributed by atoms with Gasteiger partial charge >= 0.3 is 12.2 Å². The highest BCUT2D eigenvalue weighted by Gasteiger charge is 2.34. The highest BCUT2D eigenvalue weighted by atomic mass is 19.4. The van der Waals surface area contributed by atoms with E-state index in [1.54, 1.807) is 30.3 Å². The molecule has 2 N–H and O–H groups in total. The van der Waals surface area contributed by atoms with Crippen molar-refractivity contribution in [3.8, 4) is 23.0 Å². The fraction of sp³-hybridized carbons (Fsp3) is 0.459. The Morgan fingerprint density at radius 2 is 1.57 bits per heavy atom. The smallest absolute Gasteiger partial charge is 0.406 e. The Balaban J connectivity index is 1.41. The van der Waals surface area contributed by atoms with E-state index in [1.807, 2.05) is 13.8 Å². The lowest BCUT2D eigenvalue weighted by atomic mass is 10.1. The SMILES string of the molecule is CCCCN1CCC(Oc2ccc(C(=O)N(CC(F)(F)F)c3ccc(Oc4ccc(NC(=O)NC(CC)CC)cc4OC)cc3)cc2)CC1. The maximum Gasteiger partial charge on any atom is 0.406 e. The summed E-state index contributed by atoms with van der Waals surface area (Å²) >= 11 is 0. The first-order chi connectivity index (χ1) is 23.5. The Labute approximate surface area is 286 Å². The zero-order valence-electron chi connectivity index (χ0n) is 28.6. The van der Waals surface area contributed by atoms with Crippen molar-refractivity contribution in [3.63, 3.8) is 0 Å². The number of ether oxygens (including phenoxy) is 3. The molecule has 1 saturated heterocycles. The van der Waals surface area contributed by atoms with Crippen LogP contribution < -0.4 is 29.7 Å². The Hall–Kier alpha value is -4.45. The molecule has 0 aromatic heterocycles. The monoisotopic (exact) mass is 684 g/mol. The predicted octanol–water partition coefficient (Wildman–Crippen LogP) is 8.65. The minimum absolute atomic E-state index is 0.0554. The van der Waals surface area contributed by atoms with E-state index in [4.69, 9.17) is 14.2 Å². The third kappa shape index (κ3) is 11.3. The van der Waals surface area contributed by atoms with Crippen molar-refractivity contribution in [2.24, 2.45) is 0 Å². The summed E-state index contributed by atoms with van der Waals surface area (Å²) in [6.45, 7) is 7.72. The van der Waals surface area contributed by atoms with Crippen LogP contribution in [0.4, 0.5) is 29.3 Å². The molecule has 0 unspecified atom stereocenters. The van der Waals surface area contributed by atoms with Crippen LogP contribution in [0.3, 0.4) is 0 Å². The summed E-state index contributed by atoms with van der Waals surface area (Å²) in [6, 6.07) is 16.6. The van der Waals surface area contributed by atoms with Gasteiger partial charge in [-0.15, -0.1) is 0 Å². The molecule has 1 fully saturated rings. The van der Waals surface area contributed by atoms with E-state index < -0.39 is 18.6 Å². The van der Waals surface area contributed by atoms with Crippen LogP contribution in [0, 0.1) is 0 Å². The van der Waals surface area contributed by atoms with Gasteiger partial charge in [0.05, 0.1) is 7.11 Å². The lowest BCUT2D eigenvalue weighted by Gasteiger charge is -2.32. The van der Waals surface area contributed by atoms with E-state index in [0.29, 0.717) is 33.6 Å². The Bertz CT molecular complexity index is 1490.